The molecule has 0 fully saturated rings. The van der Waals surface area contributed by atoms with E-state index in [1.165, 1.54) is 0 Å². The molecule has 1 aliphatic rings. The largest absolute Gasteiger partial charge is 0.273 e. The summed E-state index contributed by atoms with van der Waals surface area (Å²) in [5, 5.41) is 3.54. The highest BCUT2D eigenvalue weighted by atomic mass is 16.2. The molecule has 84 valence electrons. The molecule has 0 aliphatic carbocycles. The van der Waals surface area contributed by atoms with Crippen LogP contribution in [0.5, 0.6) is 0 Å². The average Bonchev–Trinajstić information content (AvgIpc) is 2.54. The molecule has 1 aliphatic heterocycles. The first-order valence-corrected chi connectivity index (χ1v) is 5.48. The first-order chi connectivity index (χ1) is 7.66. The molecule has 0 aromatic heterocycles. The van der Waals surface area contributed by atoms with Gasteiger partial charge in [0, 0.05) is 19.7 Å². The first kappa shape index (κ1) is 10.9. The van der Waals surface area contributed by atoms with Gasteiger partial charge in [0.15, 0.2) is 0 Å². The van der Waals surface area contributed by atoms with Crippen LogP contribution in [-0.2, 0) is 0 Å². The summed E-state index contributed by atoms with van der Waals surface area (Å²) >= 11 is 0. The van der Waals surface area contributed by atoms with Crippen LogP contribution in [0.2, 0.25) is 0 Å². The third-order valence-electron chi connectivity index (χ3n) is 2.65. The van der Waals surface area contributed by atoms with Gasteiger partial charge in [0.1, 0.15) is 0 Å². The predicted molar refractivity (Wildman–Crippen MR) is 64.6 cm³/mol. The van der Waals surface area contributed by atoms with Crippen LogP contribution in [-0.4, -0.2) is 30.0 Å². The Balaban J connectivity index is 2.57. The summed E-state index contributed by atoms with van der Waals surface area (Å²) in [6.07, 6.45) is 3.00. The molecule has 16 heavy (non-hydrogen) atoms. The second-order valence-electron chi connectivity index (χ2n) is 4.01. The predicted octanol–water partition coefficient (Wildman–Crippen LogP) is 2.37. The van der Waals surface area contributed by atoms with Crippen molar-refractivity contribution >= 4 is 11.6 Å². The van der Waals surface area contributed by atoms with Gasteiger partial charge in [0.05, 0.1) is 11.3 Å². The van der Waals surface area contributed by atoms with E-state index in [1.807, 2.05) is 43.4 Å². The number of carbonyl (C=O) groups excluding carboxylic acids is 1. The Morgan fingerprint density at radius 2 is 1.88 bits per heavy atom. The molecule has 0 saturated heterocycles. The molecular weight excluding hydrogens is 200 g/mol. The van der Waals surface area contributed by atoms with E-state index in [2.05, 4.69) is 13.0 Å². The molecule has 0 saturated carbocycles. The van der Waals surface area contributed by atoms with Crippen molar-refractivity contribution in [2.24, 2.45) is 0 Å². The van der Waals surface area contributed by atoms with Crippen LogP contribution < -0.4 is 0 Å². The van der Waals surface area contributed by atoms with E-state index in [1.54, 1.807) is 5.01 Å². The number of amides is 1. The van der Waals surface area contributed by atoms with E-state index < -0.39 is 0 Å². The Morgan fingerprint density at radius 3 is 2.44 bits per heavy atom. The number of nitrogens with zero attached hydrogens (tertiary/aromatic N) is 2. The molecule has 0 radical (unpaired) electrons. The quantitative estimate of drug-likeness (QED) is 0.757. The molecule has 1 aromatic rings. The number of carbonyl (C=O) groups is 1. The molecule has 1 heterocycles. The standard InChI is InChI=1S/C13H16N2O/c1-4-7-12-10-8-5-6-9-11(10)13(16)15(12)14(2)3/h5-9H,4H2,1-3H3/b12-7-. The molecule has 3 heteroatoms. The van der Waals surface area contributed by atoms with Crippen molar-refractivity contribution in [1.29, 1.82) is 0 Å². The minimum absolute atomic E-state index is 0.0558. The zero-order chi connectivity index (χ0) is 11.7. The summed E-state index contributed by atoms with van der Waals surface area (Å²) in [7, 11) is 3.76. The summed E-state index contributed by atoms with van der Waals surface area (Å²) in [5.74, 6) is 0.0558. The molecule has 2 rings (SSSR count). The molecule has 0 N–H and O–H groups in total. The van der Waals surface area contributed by atoms with E-state index in [9.17, 15) is 4.79 Å². The minimum atomic E-state index is 0.0558. The lowest BCUT2D eigenvalue weighted by Gasteiger charge is -2.25. The van der Waals surface area contributed by atoms with Crippen LogP contribution in [0.1, 0.15) is 29.3 Å². The number of hydrazine groups is 1. The van der Waals surface area contributed by atoms with Crippen LogP contribution in [0.15, 0.2) is 30.3 Å². The number of fused-ring (bicyclic) bond motifs is 1. The van der Waals surface area contributed by atoms with Gasteiger partial charge in [-0.25, -0.2) is 10.0 Å². The van der Waals surface area contributed by atoms with Gasteiger partial charge in [-0.1, -0.05) is 31.2 Å². The van der Waals surface area contributed by atoms with E-state index in [0.717, 1.165) is 23.2 Å². The van der Waals surface area contributed by atoms with Crippen molar-refractivity contribution in [3.05, 3.63) is 41.5 Å². The maximum atomic E-state index is 12.2. The van der Waals surface area contributed by atoms with Crippen molar-refractivity contribution in [3.63, 3.8) is 0 Å². The Kier molecular flexibility index (Phi) is 2.79. The number of hydrogen-bond donors (Lipinski definition) is 0. The highest BCUT2D eigenvalue weighted by Gasteiger charge is 2.32. The zero-order valence-electron chi connectivity index (χ0n) is 9.90. The fraction of sp³-hybridized carbons (Fsp3) is 0.308. The van der Waals surface area contributed by atoms with Gasteiger partial charge < -0.3 is 0 Å². The monoisotopic (exact) mass is 216 g/mol. The van der Waals surface area contributed by atoms with Gasteiger partial charge in [-0.05, 0) is 12.5 Å². The van der Waals surface area contributed by atoms with Crippen LogP contribution in [0.25, 0.3) is 5.70 Å². The fourth-order valence-electron chi connectivity index (χ4n) is 2.02. The van der Waals surface area contributed by atoms with Gasteiger partial charge in [-0.2, -0.15) is 0 Å². The van der Waals surface area contributed by atoms with Crippen molar-refractivity contribution in [3.8, 4) is 0 Å². The topological polar surface area (TPSA) is 23.6 Å². The molecule has 1 aromatic carbocycles. The summed E-state index contributed by atoms with van der Waals surface area (Å²) in [4.78, 5) is 12.2. The SMILES string of the molecule is CC/C=C1/c2ccccc2C(=O)N1N(C)C. The molecule has 0 unspecified atom stereocenters. The highest BCUT2D eigenvalue weighted by molar-refractivity contribution is 6.08. The first-order valence-electron chi connectivity index (χ1n) is 5.48. The minimum Gasteiger partial charge on any atom is -0.267 e. The lowest BCUT2D eigenvalue weighted by atomic mass is 10.1. The summed E-state index contributed by atoms with van der Waals surface area (Å²) in [6, 6.07) is 7.75. The summed E-state index contributed by atoms with van der Waals surface area (Å²) in [6.45, 7) is 2.08. The third-order valence-corrected chi connectivity index (χ3v) is 2.65. The van der Waals surface area contributed by atoms with Crippen LogP contribution in [0.4, 0.5) is 0 Å². The molecule has 0 bridgehead atoms. The molecule has 0 atom stereocenters. The Morgan fingerprint density at radius 1 is 1.25 bits per heavy atom. The molecule has 0 spiro atoms. The van der Waals surface area contributed by atoms with Crippen LogP contribution in [0, 0.1) is 0 Å². The number of allylic oxidation sites excluding steroid dienone is 1. The van der Waals surface area contributed by atoms with Gasteiger partial charge in [-0.3, -0.25) is 4.79 Å². The fourth-order valence-corrected chi connectivity index (χ4v) is 2.02. The Labute approximate surface area is 95.9 Å². The van der Waals surface area contributed by atoms with Crippen LogP contribution >= 0.6 is 0 Å². The Bertz CT molecular complexity index is 449. The van der Waals surface area contributed by atoms with E-state index in [4.69, 9.17) is 0 Å². The van der Waals surface area contributed by atoms with E-state index in [-0.39, 0.29) is 5.91 Å². The molecule has 3 nitrogen and oxygen atoms in total. The van der Waals surface area contributed by atoms with Crippen molar-refractivity contribution < 1.29 is 4.79 Å². The van der Waals surface area contributed by atoms with Crippen molar-refractivity contribution in [2.45, 2.75) is 13.3 Å². The smallest absolute Gasteiger partial charge is 0.267 e. The van der Waals surface area contributed by atoms with Crippen molar-refractivity contribution in [2.75, 3.05) is 14.1 Å². The van der Waals surface area contributed by atoms with Gasteiger partial charge in [0.2, 0.25) is 0 Å². The maximum absolute atomic E-state index is 12.2. The number of hydrogen-bond acceptors (Lipinski definition) is 2. The lowest BCUT2D eigenvalue weighted by molar-refractivity contribution is 0.0520. The number of benzene rings is 1. The van der Waals surface area contributed by atoms with Gasteiger partial charge in [-0.15, -0.1) is 0 Å². The molecular formula is C13H16N2O. The normalized spacial score (nSPS) is 17.4. The zero-order valence-corrected chi connectivity index (χ0v) is 9.90. The average molecular weight is 216 g/mol. The summed E-state index contributed by atoms with van der Waals surface area (Å²) in [5.41, 5.74) is 2.81. The van der Waals surface area contributed by atoms with E-state index >= 15 is 0 Å². The van der Waals surface area contributed by atoms with Crippen LogP contribution in [0.3, 0.4) is 0 Å². The van der Waals surface area contributed by atoms with E-state index in [0.29, 0.717) is 0 Å². The lowest BCUT2D eigenvalue weighted by Crippen LogP contribution is -2.36. The maximum Gasteiger partial charge on any atom is 0.273 e. The number of rotatable bonds is 2. The second kappa shape index (κ2) is 4.10. The highest BCUT2D eigenvalue weighted by Crippen LogP contribution is 2.33. The second-order valence-corrected chi connectivity index (χ2v) is 4.01. The molecule has 1 amide bonds. The Hall–Kier alpha value is -1.61. The van der Waals surface area contributed by atoms with Gasteiger partial charge in [0.25, 0.3) is 5.91 Å². The van der Waals surface area contributed by atoms with Crippen molar-refractivity contribution in [1.82, 2.24) is 10.0 Å². The third kappa shape index (κ3) is 1.53. The summed E-state index contributed by atoms with van der Waals surface area (Å²) < 4.78 is 0. The van der Waals surface area contributed by atoms with Gasteiger partial charge >= 0.3 is 0 Å².